The van der Waals surface area contributed by atoms with E-state index in [2.05, 4.69) is 10.3 Å². The number of rotatable bonds is 3. The summed E-state index contributed by atoms with van der Waals surface area (Å²) in [7, 11) is -3.21. The van der Waals surface area contributed by atoms with E-state index in [-0.39, 0.29) is 16.7 Å². The molecule has 0 aromatic carbocycles. The van der Waals surface area contributed by atoms with Crippen molar-refractivity contribution in [1.29, 1.82) is 0 Å². The molecule has 0 bridgehead atoms. The van der Waals surface area contributed by atoms with E-state index < -0.39 is 9.84 Å². The maximum Gasteiger partial charge on any atom is 0.195 e. The van der Waals surface area contributed by atoms with E-state index in [1.54, 1.807) is 18.3 Å². The Morgan fingerprint density at radius 2 is 2.31 bits per heavy atom. The highest BCUT2D eigenvalue weighted by Crippen LogP contribution is 2.16. The van der Waals surface area contributed by atoms with Gasteiger partial charge >= 0.3 is 0 Å². The van der Waals surface area contributed by atoms with Crippen molar-refractivity contribution >= 4 is 9.84 Å². The molecule has 0 spiro atoms. The van der Waals surface area contributed by atoms with Gasteiger partial charge in [-0.25, -0.2) is 13.4 Å². The van der Waals surface area contributed by atoms with Crippen molar-refractivity contribution in [2.45, 2.75) is 18.4 Å². The van der Waals surface area contributed by atoms with Crippen molar-refractivity contribution in [3.05, 3.63) is 23.9 Å². The van der Waals surface area contributed by atoms with Crippen LogP contribution in [0.15, 0.2) is 23.4 Å². The lowest BCUT2D eigenvalue weighted by molar-refractivity contribution is 0.567. The minimum absolute atomic E-state index is 0.199. The molecule has 0 unspecified atom stereocenters. The molecule has 1 aliphatic rings. The Balaban J connectivity index is 2.14. The first-order chi connectivity index (χ1) is 7.58. The molecule has 2 heterocycles. The number of pyridine rings is 1. The van der Waals surface area contributed by atoms with E-state index in [4.69, 9.17) is 0 Å². The van der Waals surface area contributed by atoms with Gasteiger partial charge in [-0.05, 0) is 44.0 Å². The summed E-state index contributed by atoms with van der Waals surface area (Å²) < 4.78 is 24.0. The molecule has 1 aromatic heterocycles. The van der Waals surface area contributed by atoms with Gasteiger partial charge in [0, 0.05) is 6.20 Å². The molecule has 16 heavy (non-hydrogen) atoms. The van der Waals surface area contributed by atoms with E-state index >= 15 is 0 Å². The fourth-order valence-corrected chi connectivity index (χ4v) is 3.46. The van der Waals surface area contributed by atoms with Gasteiger partial charge in [0.2, 0.25) is 0 Å². The number of aromatic nitrogens is 1. The molecule has 1 saturated heterocycles. The lowest BCUT2D eigenvalue weighted by Crippen LogP contribution is -2.19. The van der Waals surface area contributed by atoms with Gasteiger partial charge in [-0.15, -0.1) is 0 Å². The molecule has 1 fully saturated rings. The fraction of sp³-hybridized carbons (Fsp3) is 0.545. The summed E-state index contributed by atoms with van der Waals surface area (Å²) in [4.78, 5) is 3.98. The maximum absolute atomic E-state index is 12.0. The van der Waals surface area contributed by atoms with E-state index in [1.165, 1.54) is 0 Å². The van der Waals surface area contributed by atoms with Crippen molar-refractivity contribution < 1.29 is 8.42 Å². The van der Waals surface area contributed by atoms with Crippen molar-refractivity contribution in [3.63, 3.8) is 0 Å². The third-order valence-corrected chi connectivity index (χ3v) is 4.61. The minimum atomic E-state index is -3.21. The molecule has 88 valence electrons. The van der Waals surface area contributed by atoms with Crippen LogP contribution in [0.25, 0.3) is 0 Å². The molecule has 0 radical (unpaired) electrons. The highest BCUT2D eigenvalue weighted by Gasteiger charge is 2.24. The SMILES string of the molecule is Cc1ccc(S(=O)(=O)C[C@H]2CCNC2)nc1. The molecular formula is C11H16N2O2S. The topological polar surface area (TPSA) is 59.1 Å². The van der Waals surface area contributed by atoms with Crippen molar-refractivity contribution in [3.8, 4) is 0 Å². The zero-order valence-electron chi connectivity index (χ0n) is 9.31. The monoisotopic (exact) mass is 240 g/mol. The highest BCUT2D eigenvalue weighted by atomic mass is 32.2. The van der Waals surface area contributed by atoms with Gasteiger partial charge < -0.3 is 5.32 Å². The van der Waals surface area contributed by atoms with Crippen LogP contribution < -0.4 is 5.32 Å². The molecule has 0 aliphatic carbocycles. The fourth-order valence-electron chi connectivity index (χ4n) is 1.89. The third kappa shape index (κ3) is 2.59. The van der Waals surface area contributed by atoms with Gasteiger partial charge in [0.1, 0.15) is 0 Å². The molecule has 1 N–H and O–H groups in total. The number of aryl methyl sites for hydroxylation is 1. The molecule has 1 aromatic rings. The van der Waals surface area contributed by atoms with E-state index in [9.17, 15) is 8.42 Å². The highest BCUT2D eigenvalue weighted by molar-refractivity contribution is 7.91. The number of nitrogens with one attached hydrogen (secondary N) is 1. The smallest absolute Gasteiger partial charge is 0.195 e. The summed E-state index contributed by atoms with van der Waals surface area (Å²) in [6.07, 6.45) is 2.53. The zero-order valence-corrected chi connectivity index (χ0v) is 10.1. The Bertz CT molecular complexity index is 447. The third-order valence-electron chi connectivity index (χ3n) is 2.82. The Morgan fingerprint density at radius 1 is 1.50 bits per heavy atom. The summed E-state index contributed by atoms with van der Waals surface area (Å²) in [5.41, 5.74) is 0.974. The Kier molecular flexibility index (Phi) is 3.25. The first-order valence-electron chi connectivity index (χ1n) is 5.44. The van der Waals surface area contributed by atoms with Crippen LogP contribution in [0.4, 0.5) is 0 Å². The lowest BCUT2D eigenvalue weighted by Gasteiger charge is -2.08. The second-order valence-corrected chi connectivity index (χ2v) is 6.30. The van der Waals surface area contributed by atoms with Crippen LogP contribution in [-0.4, -0.2) is 32.2 Å². The van der Waals surface area contributed by atoms with Crippen molar-refractivity contribution in [2.75, 3.05) is 18.8 Å². The number of hydrogen-bond donors (Lipinski definition) is 1. The normalized spacial score (nSPS) is 21.2. The largest absolute Gasteiger partial charge is 0.316 e. The Hall–Kier alpha value is -0.940. The van der Waals surface area contributed by atoms with Crippen LogP contribution in [0.2, 0.25) is 0 Å². The van der Waals surface area contributed by atoms with Gasteiger partial charge in [0.25, 0.3) is 0 Å². The van der Waals surface area contributed by atoms with Crippen LogP contribution >= 0.6 is 0 Å². The van der Waals surface area contributed by atoms with Crippen molar-refractivity contribution in [2.24, 2.45) is 5.92 Å². The second kappa shape index (κ2) is 4.51. The number of hydrogen-bond acceptors (Lipinski definition) is 4. The van der Waals surface area contributed by atoms with Crippen LogP contribution in [0.5, 0.6) is 0 Å². The van der Waals surface area contributed by atoms with Gasteiger partial charge in [-0.1, -0.05) is 6.07 Å². The molecule has 1 atom stereocenters. The first kappa shape index (κ1) is 11.5. The summed E-state index contributed by atoms with van der Waals surface area (Å²) in [6.45, 7) is 3.61. The standard InChI is InChI=1S/C11H16N2O2S/c1-9-2-3-11(13-6-9)16(14,15)8-10-4-5-12-7-10/h2-3,6,10,12H,4-5,7-8H2,1H3/t10-/m0/s1. The maximum atomic E-state index is 12.0. The van der Waals surface area contributed by atoms with E-state index in [0.29, 0.717) is 0 Å². The summed E-state index contributed by atoms with van der Waals surface area (Å²) >= 11 is 0. The van der Waals surface area contributed by atoms with Gasteiger partial charge in [-0.3, -0.25) is 0 Å². The number of nitrogens with zero attached hydrogens (tertiary/aromatic N) is 1. The Labute approximate surface area is 96.0 Å². The molecule has 0 amide bonds. The predicted octanol–water partition coefficient (Wildman–Crippen LogP) is 0.773. The predicted molar refractivity (Wildman–Crippen MR) is 62.0 cm³/mol. The molecule has 5 heteroatoms. The minimum Gasteiger partial charge on any atom is -0.316 e. The average Bonchev–Trinajstić information content (AvgIpc) is 2.70. The summed E-state index contributed by atoms with van der Waals surface area (Å²) in [5.74, 6) is 0.434. The molecule has 0 saturated carbocycles. The Morgan fingerprint density at radius 3 is 2.88 bits per heavy atom. The van der Waals surface area contributed by atoms with Crippen LogP contribution in [0, 0.1) is 12.8 Å². The van der Waals surface area contributed by atoms with Crippen LogP contribution in [0.3, 0.4) is 0 Å². The molecule has 2 rings (SSSR count). The van der Waals surface area contributed by atoms with Gasteiger partial charge in [0.05, 0.1) is 5.75 Å². The quantitative estimate of drug-likeness (QED) is 0.848. The van der Waals surface area contributed by atoms with E-state index in [0.717, 1.165) is 25.1 Å². The van der Waals surface area contributed by atoms with Crippen molar-refractivity contribution in [1.82, 2.24) is 10.3 Å². The zero-order chi connectivity index (χ0) is 11.6. The average molecular weight is 240 g/mol. The number of sulfone groups is 1. The van der Waals surface area contributed by atoms with Crippen LogP contribution in [0.1, 0.15) is 12.0 Å². The molecular weight excluding hydrogens is 224 g/mol. The first-order valence-corrected chi connectivity index (χ1v) is 7.09. The summed E-state index contributed by atoms with van der Waals surface area (Å²) in [6, 6.07) is 3.37. The second-order valence-electron chi connectivity index (χ2n) is 4.31. The van der Waals surface area contributed by atoms with Gasteiger partial charge in [-0.2, -0.15) is 0 Å². The summed E-state index contributed by atoms with van der Waals surface area (Å²) in [5, 5.41) is 3.37. The van der Waals surface area contributed by atoms with Gasteiger partial charge in [0.15, 0.2) is 14.9 Å². The van der Waals surface area contributed by atoms with Crippen LogP contribution in [-0.2, 0) is 9.84 Å². The van der Waals surface area contributed by atoms with E-state index in [1.807, 2.05) is 6.92 Å². The molecule has 1 aliphatic heterocycles. The lowest BCUT2D eigenvalue weighted by atomic mass is 10.2. The molecule has 4 nitrogen and oxygen atoms in total.